The van der Waals surface area contributed by atoms with Gasteiger partial charge in [0, 0.05) is 17.5 Å². The minimum Gasteiger partial charge on any atom is -0.478 e. The van der Waals surface area contributed by atoms with Gasteiger partial charge < -0.3 is 10.4 Å². The number of aromatic nitrogens is 2. The van der Waals surface area contributed by atoms with Gasteiger partial charge in [-0.3, -0.25) is 0 Å². The topological polar surface area (TPSA) is 75.1 Å². The van der Waals surface area contributed by atoms with Crippen LogP contribution in [0.25, 0.3) is 0 Å². The van der Waals surface area contributed by atoms with E-state index in [-0.39, 0.29) is 11.0 Å². The molecule has 0 bridgehead atoms. The zero-order chi connectivity index (χ0) is 10.5. The van der Waals surface area contributed by atoms with E-state index in [0.29, 0.717) is 5.92 Å². The number of aromatic carboxylic acids is 1. The van der Waals surface area contributed by atoms with Crippen molar-refractivity contribution in [2.75, 3.05) is 13.1 Å². The molecular weight excluding hydrogens is 194 g/mol. The predicted octanol–water partition coefficient (Wildman–Crippen LogP) is -0.164. The third-order valence-corrected chi connectivity index (χ3v) is 3.47. The molecule has 2 unspecified atom stereocenters. The van der Waals surface area contributed by atoms with E-state index in [0.717, 1.165) is 25.1 Å². The highest BCUT2D eigenvalue weighted by molar-refractivity contribution is 5.89. The number of nitrogens with one attached hydrogen (secondary N) is 1. The molecule has 5 nitrogen and oxygen atoms in total. The van der Waals surface area contributed by atoms with E-state index < -0.39 is 5.97 Å². The van der Waals surface area contributed by atoms with Crippen LogP contribution in [0.4, 0.5) is 0 Å². The summed E-state index contributed by atoms with van der Waals surface area (Å²) >= 11 is 0. The molecule has 2 fully saturated rings. The lowest BCUT2D eigenvalue weighted by atomic mass is 9.93. The Kier molecular flexibility index (Phi) is 1.62. The monoisotopic (exact) mass is 204 g/mol. The van der Waals surface area contributed by atoms with Crippen molar-refractivity contribution in [3.05, 3.63) is 23.5 Å². The fourth-order valence-electron chi connectivity index (χ4n) is 2.56. The number of hydrogen-bond donors (Lipinski definition) is 2. The zero-order valence-electron chi connectivity index (χ0n) is 8.03. The number of rotatable bonds is 2. The minimum atomic E-state index is -0.942. The van der Waals surface area contributed by atoms with Gasteiger partial charge in [0.1, 0.15) is 6.20 Å². The molecule has 1 saturated heterocycles. The highest BCUT2D eigenvalue weighted by Crippen LogP contribution is 2.56. The van der Waals surface area contributed by atoms with Crippen LogP contribution >= 0.6 is 0 Å². The van der Waals surface area contributed by atoms with Crippen LogP contribution in [0.1, 0.15) is 22.3 Å². The largest absolute Gasteiger partial charge is 0.478 e. The van der Waals surface area contributed by atoms with Crippen LogP contribution in [0.5, 0.6) is 0 Å². The van der Waals surface area contributed by atoms with Crippen molar-refractivity contribution < 1.29 is 9.90 Å². The molecule has 1 aromatic heterocycles. The summed E-state index contributed by atoms with van der Waals surface area (Å²) in [5, 5.41) is 19.6. The molecule has 77 valence electrons. The Balaban J connectivity index is 2.08. The van der Waals surface area contributed by atoms with E-state index in [2.05, 4.69) is 21.7 Å². The lowest BCUT2D eigenvalue weighted by Gasteiger charge is -2.12. The molecule has 0 spiro atoms. The maximum atomic E-state index is 11.0. The summed E-state index contributed by atoms with van der Waals surface area (Å²) in [6, 6.07) is 0. The van der Waals surface area contributed by atoms with Crippen LogP contribution in [-0.2, 0) is 5.41 Å². The molecule has 2 aliphatic rings. The summed E-state index contributed by atoms with van der Waals surface area (Å²) in [6.07, 6.45) is 5.12. The molecule has 2 heterocycles. The minimum absolute atomic E-state index is 0.0241. The van der Waals surface area contributed by atoms with Crippen LogP contribution in [-0.4, -0.2) is 34.4 Å². The summed E-state index contributed by atoms with van der Waals surface area (Å²) in [5.74, 6) is -0.390. The van der Waals surface area contributed by atoms with E-state index in [1.807, 2.05) is 0 Å². The van der Waals surface area contributed by atoms with Crippen molar-refractivity contribution in [2.45, 2.75) is 11.8 Å². The van der Waals surface area contributed by atoms with Gasteiger partial charge in [-0.15, -0.1) is 5.10 Å². The van der Waals surface area contributed by atoms with Crippen molar-refractivity contribution in [2.24, 2.45) is 5.92 Å². The lowest BCUT2D eigenvalue weighted by Crippen LogP contribution is -2.22. The van der Waals surface area contributed by atoms with E-state index >= 15 is 0 Å². The molecule has 1 aromatic rings. The number of carboxylic acids is 1. The summed E-state index contributed by atoms with van der Waals surface area (Å²) in [7, 11) is 0. The third-order valence-electron chi connectivity index (χ3n) is 3.47. The van der Waals surface area contributed by atoms with Crippen molar-refractivity contribution in [3.63, 3.8) is 0 Å². The highest BCUT2D eigenvalue weighted by Gasteiger charge is 2.59. The first-order valence-electron chi connectivity index (χ1n) is 4.92. The van der Waals surface area contributed by atoms with Crippen molar-refractivity contribution in [1.82, 2.24) is 15.5 Å². The molecule has 3 rings (SSSR count). The third kappa shape index (κ3) is 1.10. The number of fused-ring (bicyclic) bond motifs is 1. The second-order valence-corrected chi connectivity index (χ2v) is 4.24. The number of carboxylic acid groups (broad SMARTS) is 1. The Bertz CT molecular complexity index is 434. The molecule has 1 aliphatic carbocycles. The van der Waals surface area contributed by atoms with E-state index in [9.17, 15) is 4.79 Å². The van der Waals surface area contributed by atoms with Crippen molar-refractivity contribution >= 4 is 5.97 Å². The molecular formula is C10H10N3O2. The van der Waals surface area contributed by atoms with E-state index in [4.69, 9.17) is 5.11 Å². The number of hydrogen-bond acceptors (Lipinski definition) is 4. The zero-order valence-corrected chi connectivity index (χ0v) is 8.03. The highest BCUT2D eigenvalue weighted by atomic mass is 16.4. The normalized spacial score (nSPS) is 32.4. The quantitative estimate of drug-likeness (QED) is 0.700. The number of nitrogens with zero attached hydrogens (tertiary/aromatic N) is 2. The van der Waals surface area contributed by atoms with E-state index in [1.165, 1.54) is 6.20 Å². The van der Waals surface area contributed by atoms with Gasteiger partial charge in [-0.05, 0) is 18.9 Å². The lowest BCUT2D eigenvalue weighted by molar-refractivity contribution is 0.0694. The average Bonchev–Trinajstić information content (AvgIpc) is 2.82. The standard InChI is InChI=1S/C10H10N3O2/c14-9(15)7-3-12-13-4-8(7)10-1-6(10)2-11-5-10/h3,6,11H,1-2,5H2,(H,14,15). The fourth-order valence-corrected chi connectivity index (χ4v) is 2.56. The van der Waals surface area contributed by atoms with Gasteiger partial charge in [-0.2, -0.15) is 5.10 Å². The SMILES string of the molecule is O=C(O)c1cnn[c]c1C12CNCC1C2. The Morgan fingerprint density at radius 3 is 3.20 bits per heavy atom. The average molecular weight is 204 g/mol. The van der Waals surface area contributed by atoms with Gasteiger partial charge in [-0.1, -0.05) is 0 Å². The Morgan fingerprint density at radius 2 is 2.60 bits per heavy atom. The van der Waals surface area contributed by atoms with Gasteiger partial charge in [0.15, 0.2) is 0 Å². The maximum Gasteiger partial charge on any atom is 0.337 e. The molecule has 0 amide bonds. The van der Waals surface area contributed by atoms with E-state index in [1.54, 1.807) is 0 Å². The van der Waals surface area contributed by atoms with Crippen molar-refractivity contribution in [3.8, 4) is 0 Å². The smallest absolute Gasteiger partial charge is 0.337 e. The fraction of sp³-hybridized carbons (Fsp3) is 0.500. The Hall–Kier alpha value is -1.49. The molecule has 2 atom stereocenters. The maximum absolute atomic E-state index is 11.0. The second-order valence-electron chi connectivity index (χ2n) is 4.24. The predicted molar refractivity (Wildman–Crippen MR) is 50.5 cm³/mol. The summed E-state index contributed by atoms with van der Waals surface area (Å²) in [6.45, 7) is 1.80. The molecule has 1 saturated carbocycles. The summed E-state index contributed by atoms with van der Waals surface area (Å²) in [4.78, 5) is 11.0. The number of carbonyl (C=O) groups is 1. The molecule has 0 aromatic carbocycles. The van der Waals surface area contributed by atoms with Gasteiger partial charge in [-0.25, -0.2) is 4.79 Å². The van der Waals surface area contributed by atoms with Gasteiger partial charge in [0.2, 0.25) is 0 Å². The van der Waals surface area contributed by atoms with Crippen LogP contribution in [0.3, 0.4) is 0 Å². The van der Waals surface area contributed by atoms with Gasteiger partial charge in [0.25, 0.3) is 0 Å². The Morgan fingerprint density at radius 1 is 1.73 bits per heavy atom. The van der Waals surface area contributed by atoms with Gasteiger partial charge in [0.05, 0.1) is 11.8 Å². The first-order valence-corrected chi connectivity index (χ1v) is 4.92. The van der Waals surface area contributed by atoms with Gasteiger partial charge >= 0.3 is 5.97 Å². The van der Waals surface area contributed by atoms with Crippen LogP contribution in [0, 0.1) is 12.1 Å². The van der Waals surface area contributed by atoms with Crippen molar-refractivity contribution in [1.29, 1.82) is 0 Å². The molecule has 1 radical (unpaired) electrons. The molecule has 5 heteroatoms. The molecule has 1 aliphatic heterocycles. The van der Waals surface area contributed by atoms with Crippen LogP contribution in [0.15, 0.2) is 6.20 Å². The first kappa shape index (κ1) is 8.79. The van der Waals surface area contributed by atoms with Crippen LogP contribution < -0.4 is 5.32 Å². The summed E-state index contributed by atoms with van der Waals surface area (Å²) in [5.41, 5.74) is 0.945. The molecule has 15 heavy (non-hydrogen) atoms. The number of piperidine rings is 1. The summed E-state index contributed by atoms with van der Waals surface area (Å²) < 4.78 is 0. The molecule has 2 N–H and O–H groups in total. The van der Waals surface area contributed by atoms with Crippen LogP contribution in [0.2, 0.25) is 0 Å². The first-order chi connectivity index (χ1) is 7.24. The Labute approximate surface area is 86.5 Å². The second kappa shape index (κ2) is 2.76.